The van der Waals surface area contributed by atoms with Crippen LogP contribution in [0.2, 0.25) is 0 Å². The van der Waals surface area contributed by atoms with Gasteiger partial charge in [0.05, 0.1) is 0 Å². The zero-order chi connectivity index (χ0) is 18.8. The van der Waals surface area contributed by atoms with Crippen molar-refractivity contribution in [1.29, 1.82) is 0 Å². The number of rotatable bonds is 5. The fourth-order valence-corrected chi connectivity index (χ4v) is 3.93. The van der Waals surface area contributed by atoms with Crippen LogP contribution in [-0.2, 0) is 0 Å². The molecule has 2 aromatic rings. The first-order chi connectivity index (χ1) is 13.1. The van der Waals surface area contributed by atoms with E-state index in [0.717, 1.165) is 32.0 Å². The van der Waals surface area contributed by atoms with Crippen LogP contribution in [0.5, 0.6) is 0 Å². The molecule has 2 fully saturated rings. The minimum atomic E-state index is 0.0886. The molecule has 0 spiro atoms. The lowest BCUT2D eigenvalue weighted by atomic mass is 10.0. The third-order valence-electron chi connectivity index (χ3n) is 5.67. The van der Waals surface area contributed by atoms with Gasteiger partial charge in [0.1, 0.15) is 18.5 Å². The van der Waals surface area contributed by atoms with Gasteiger partial charge in [0, 0.05) is 44.0 Å². The molecule has 7 heteroatoms. The van der Waals surface area contributed by atoms with Gasteiger partial charge in [-0.25, -0.2) is 4.98 Å². The molecule has 0 bridgehead atoms. The summed E-state index contributed by atoms with van der Waals surface area (Å²) in [6, 6.07) is 4.05. The summed E-state index contributed by atoms with van der Waals surface area (Å²) in [4.78, 5) is 22.2. The molecule has 1 unspecified atom stereocenters. The molecule has 7 nitrogen and oxygen atoms in total. The quantitative estimate of drug-likeness (QED) is 0.810. The molecule has 2 aromatic heterocycles. The number of nitrogens with zero attached hydrogens (tertiary/aromatic N) is 6. The molecule has 1 aliphatic carbocycles. The number of amides is 1. The van der Waals surface area contributed by atoms with Crippen LogP contribution >= 0.6 is 0 Å². The topological polar surface area (TPSA) is 67.2 Å². The van der Waals surface area contributed by atoms with E-state index in [-0.39, 0.29) is 5.91 Å². The number of aromatic nitrogens is 4. The Morgan fingerprint density at radius 3 is 2.70 bits per heavy atom. The molecule has 0 N–H and O–H groups in total. The summed E-state index contributed by atoms with van der Waals surface area (Å²) in [7, 11) is 0. The SMILES string of the molecule is CC(C)C1CN(C(=O)c2ccnc(-n3cnnc3)c2)CCCN1CC1CC1. The van der Waals surface area contributed by atoms with Crippen molar-refractivity contribution in [2.45, 2.75) is 39.2 Å². The smallest absolute Gasteiger partial charge is 0.254 e. The van der Waals surface area contributed by atoms with Crippen LogP contribution in [0.4, 0.5) is 0 Å². The molecule has 0 aromatic carbocycles. The van der Waals surface area contributed by atoms with Crippen molar-refractivity contribution < 1.29 is 4.79 Å². The molecular formula is C20H28N6O. The maximum absolute atomic E-state index is 13.2. The molecule has 4 rings (SSSR count). The van der Waals surface area contributed by atoms with Gasteiger partial charge in [0.15, 0.2) is 0 Å². The van der Waals surface area contributed by atoms with E-state index in [4.69, 9.17) is 0 Å². The molecule has 1 atom stereocenters. The first kappa shape index (κ1) is 18.1. The lowest BCUT2D eigenvalue weighted by Gasteiger charge is -2.34. The summed E-state index contributed by atoms with van der Waals surface area (Å²) < 4.78 is 1.72. The second-order valence-corrected chi connectivity index (χ2v) is 8.13. The van der Waals surface area contributed by atoms with E-state index in [1.54, 1.807) is 29.5 Å². The van der Waals surface area contributed by atoms with Gasteiger partial charge in [-0.1, -0.05) is 13.8 Å². The van der Waals surface area contributed by atoms with Crippen LogP contribution in [0.3, 0.4) is 0 Å². The summed E-state index contributed by atoms with van der Waals surface area (Å²) >= 11 is 0. The normalized spacial score (nSPS) is 21.4. The maximum atomic E-state index is 13.2. The van der Waals surface area contributed by atoms with E-state index in [1.165, 1.54) is 19.4 Å². The second-order valence-electron chi connectivity index (χ2n) is 8.13. The van der Waals surface area contributed by atoms with E-state index in [9.17, 15) is 4.79 Å². The maximum Gasteiger partial charge on any atom is 0.254 e. The van der Waals surface area contributed by atoms with Crippen molar-refractivity contribution in [1.82, 2.24) is 29.5 Å². The average molecular weight is 368 g/mol. The zero-order valence-corrected chi connectivity index (χ0v) is 16.2. The molecule has 1 saturated heterocycles. The summed E-state index contributed by atoms with van der Waals surface area (Å²) in [5, 5.41) is 7.63. The van der Waals surface area contributed by atoms with E-state index in [1.807, 2.05) is 11.0 Å². The van der Waals surface area contributed by atoms with Crippen LogP contribution in [-0.4, -0.2) is 67.7 Å². The van der Waals surface area contributed by atoms with Crippen LogP contribution in [0, 0.1) is 11.8 Å². The third-order valence-corrected chi connectivity index (χ3v) is 5.67. The Balaban J connectivity index is 1.51. The summed E-state index contributed by atoms with van der Waals surface area (Å²) in [5.41, 5.74) is 0.673. The Morgan fingerprint density at radius 1 is 1.22 bits per heavy atom. The van der Waals surface area contributed by atoms with Gasteiger partial charge < -0.3 is 4.90 Å². The van der Waals surface area contributed by atoms with Gasteiger partial charge in [-0.2, -0.15) is 0 Å². The monoisotopic (exact) mass is 368 g/mol. The van der Waals surface area contributed by atoms with Crippen molar-refractivity contribution in [3.05, 3.63) is 36.5 Å². The van der Waals surface area contributed by atoms with Crippen molar-refractivity contribution in [2.75, 3.05) is 26.2 Å². The number of hydrogen-bond acceptors (Lipinski definition) is 5. The van der Waals surface area contributed by atoms with Crippen LogP contribution in [0.25, 0.3) is 5.82 Å². The van der Waals surface area contributed by atoms with E-state index in [0.29, 0.717) is 23.3 Å². The van der Waals surface area contributed by atoms with E-state index in [2.05, 4.69) is 33.9 Å². The largest absolute Gasteiger partial charge is 0.337 e. The molecule has 2 aliphatic rings. The highest BCUT2D eigenvalue weighted by atomic mass is 16.2. The van der Waals surface area contributed by atoms with Gasteiger partial charge in [-0.15, -0.1) is 10.2 Å². The minimum absolute atomic E-state index is 0.0886. The molecule has 0 radical (unpaired) electrons. The Bertz CT molecular complexity index is 771. The average Bonchev–Trinajstić information content (AvgIpc) is 3.37. The lowest BCUT2D eigenvalue weighted by molar-refractivity contribution is 0.0704. The van der Waals surface area contributed by atoms with Crippen molar-refractivity contribution in [2.24, 2.45) is 11.8 Å². The van der Waals surface area contributed by atoms with E-state index >= 15 is 0 Å². The van der Waals surface area contributed by atoms with Crippen molar-refractivity contribution in [3.63, 3.8) is 0 Å². The fraction of sp³-hybridized carbons (Fsp3) is 0.600. The van der Waals surface area contributed by atoms with Gasteiger partial charge in [-0.3, -0.25) is 14.3 Å². The lowest BCUT2D eigenvalue weighted by Crippen LogP contribution is -2.46. The minimum Gasteiger partial charge on any atom is -0.337 e. The number of hydrogen-bond donors (Lipinski definition) is 0. The Labute approximate surface area is 160 Å². The molecule has 1 amide bonds. The van der Waals surface area contributed by atoms with Gasteiger partial charge >= 0.3 is 0 Å². The highest BCUT2D eigenvalue weighted by molar-refractivity contribution is 5.94. The van der Waals surface area contributed by atoms with Crippen LogP contribution < -0.4 is 0 Å². The summed E-state index contributed by atoms with van der Waals surface area (Å²) in [6.45, 7) is 8.44. The molecular weight excluding hydrogens is 340 g/mol. The standard InChI is InChI=1S/C20H28N6O/c1-15(2)18-12-25(9-3-8-24(18)11-16-4-5-16)20(27)17-6-7-21-19(10-17)26-13-22-23-14-26/h6-7,10,13-16,18H,3-5,8-9,11-12H2,1-2H3. The highest BCUT2D eigenvalue weighted by Crippen LogP contribution is 2.32. The molecule has 27 heavy (non-hydrogen) atoms. The summed E-state index contributed by atoms with van der Waals surface area (Å²) in [6.07, 6.45) is 8.63. The highest BCUT2D eigenvalue weighted by Gasteiger charge is 2.33. The molecule has 1 saturated carbocycles. The van der Waals surface area contributed by atoms with Crippen molar-refractivity contribution >= 4 is 5.91 Å². The van der Waals surface area contributed by atoms with Crippen molar-refractivity contribution in [3.8, 4) is 5.82 Å². The first-order valence-corrected chi connectivity index (χ1v) is 9.96. The Morgan fingerprint density at radius 2 is 2.00 bits per heavy atom. The Kier molecular flexibility index (Phi) is 5.20. The number of carbonyl (C=O) groups is 1. The molecule has 1 aliphatic heterocycles. The van der Waals surface area contributed by atoms with Gasteiger partial charge in [0.2, 0.25) is 0 Å². The Hall–Kier alpha value is -2.28. The predicted molar refractivity (Wildman–Crippen MR) is 103 cm³/mol. The fourth-order valence-electron chi connectivity index (χ4n) is 3.93. The third kappa shape index (κ3) is 4.18. The first-order valence-electron chi connectivity index (χ1n) is 9.96. The predicted octanol–water partition coefficient (Wildman–Crippen LogP) is 2.24. The zero-order valence-electron chi connectivity index (χ0n) is 16.2. The van der Waals surface area contributed by atoms with Gasteiger partial charge in [-0.05, 0) is 43.2 Å². The second kappa shape index (κ2) is 7.76. The van der Waals surface area contributed by atoms with Crippen LogP contribution in [0.15, 0.2) is 31.0 Å². The van der Waals surface area contributed by atoms with E-state index < -0.39 is 0 Å². The molecule has 144 valence electrons. The molecule has 3 heterocycles. The number of carbonyl (C=O) groups excluding carboxylic acids is 1. The van der Waals surface area contributed by atoms with Gasteiger partial charge in [0.25, 0.3) is 5.91 Å². The number of pyridine rings is 1. The van der Waals surface area contributed by atoms with Crippen LogP contribution in [0.1, 0.15) is 43.5 Å². The summed E-state index contributed by atoms with van der Waals surface area (Å²) in [5.74, 6) is 2.16.